The first-order valence-corrected chi connectivity index (χ1v) is 9.24. The van der Waals surface area contributed by atoms with Gasteiger partial charge in [0, 0.05) is 13.0 Å². The molecular formula is C17H31N6O5. The standard InChI is InChI=1S/C17H31N6O5/c1-2-3-6-12(18)15(27)23-13(7-8-14(25)26)16(28)22-11(10-24)5-4-9-21-17(19)20/h11-13H,2-9,18H2,1H3,(H,22,28)(H,23,27)(H,25,26)(H4,19,20,21)/t11-,12-,13-/m0/s1. The van der Waals surface area contributed by atoms with E-state index >= 15 is 0 Å². The molecule has 0 heterocycles. The van der Waals surface area contributed by atoms with Gasteiger partial charge in [0.05, 0.1) is 12.1 Å². The second-order valence-electron chi connectivity index (χ2n) is 6.40. The van der Waals surface area contributed by atoms with Crippen molar-refractivity contribution in [1.82, 2.24) is 16.0 Å². The van der Waals surface area contributed by atoms with Crippen molar-refractivity contribution in [3.8, 4) is 0 Å². The Hall–Kier alpha value is -2.69. The van der Waals surface area contributed by atoms with Gasteiger partial charge in [-0.3, -0.25) is 24.6 Å². The lowest BCUT2D eigenvalue weighted by atomic mass is 10.1. The van der Waals surface area contributed by atoms with Crippen molar-refractivity contribution in [3.63, 3.8) is 0 Å². The predicted octanol–water partition coefficient (Wildman–Crippen LogP) is -1.29. The maximum atomic E-state index is 12.4. The van der Waals surface area contributed by atoms with Crippen LogP contribution in [0.4, 0.5) is 0 Å². The number of hydrogen-bond acceptors (Lipinski definition) is 6. The van der Waals surface area contributed by atoms with Crippen LogP contribution in [0.15, 0.2) is 0 Å². The molecule has 0 rings (SSSR count). The molecule has 0 aliphatic heterocycles. The minimum Gasteiger partial charge on any atom is -0.481 e. The Morgan fingerprint density at radius 2 is 1.79 bits per heavy atom. The summed E-state index contributed by atoms with van der Waals surface area (Å²) in [6.07, 6.45) is 3.96. The molecule has 1 radical (unpaired) electrons. The average Bonchev–Trinajstić information content (AvgIpc) is 2.64. The fraction of sp³-hybridized carbons (Fsp3) is 0.706. The first-order valence-electron chi connectivity index (χ1n) is 9.24. The summed E-state index contributed by atoms with van der Waals surface area (Å²) < 4.78 is 0. The normalized spacial score (nSPS) is 13.6. The number of carbonyl (C=O) groups excluding carboxylic acids is 3. The van der Waals surface area contributed by atoms with E-state index in [0.717, 1.165) is 12.8 Å². The Morgan fingerprint density at radius 3 is 2.32 bits per heavy atom. The predicted molar refractivity (Wildman–Crippen MR) is 103 cm³/mol. The summed E-state index contributed by atoms with van der Waals surface area (Å²) in [6.45, 7) is 2.30. The largest absolute Gasteiger partial charge is 0.481 e. The Bertz CT molecular complexity index is 542. The summed E-state index contributed by atoms with van der Waals surface area (Å²) in [6, 6.07) is -2.85. The number of carboxylic acids is 1. The van der Waals surface area contributed by atoms with Crippen LogP contribution in [0.2, 0.25) is 0 Å². The SMILES string of the molecule is CCCC[C@H](N)C(=O)N[C@@H](CCC(=O)O)C(=O)N[C@H]([C]=O)CCCNC(=N)N. The van der Waals surface area contributed by atoms with E-state index in [4.69, 9.17) is 22.0 Å². The minimum absolute atomic E-state index is 0.134. The van der Waals surface area contributed by atoms with E-state index < -0.39 is 35.9 Å². The number of unbranched alkanes of at least 4 members (excludes halogenated alkanes) is 1. The highest BCUT2D eigenvalue weighted by atomic mass is 16.4. The fourth-order valence-corrected chi connectivity index (χ4v) is 2.33. The third-order valence-electron chi connectivity index (χ3n) is 3.93. The number of nitrogens with two attached hydrogens (primary N) is 2. The third-order valence-corrected chi connectivity index (χ3v) is 3.93. The molecule has 0 fully saturated rings. The molecular weight excluding hydrogens is 368 g/mol. The molecule has 159 valence electrons. The molecule has 11 heteroatoms. The van der Waals surface area contributed by atoms with E-state index in [1.807, 2.05) is 6.92 Å². The summed E-state index contributed by atoms with van der Waals surface area (Å²) >= 11 is 0. The molecule has 0 bridgehead atoms. The summed E-state index contributed by atoms with van der Waals surface area (Å²) in [5.41, 5.74) is 10.9. The molecule has 0 saturated heterocycles. The van der Waals surface area contributed by atoms with Crippen LogP contribution in [0.1, 0.15) is 51.9 Å². The second-order valence-corrected chi connectivity index (χ2v) is 6.40. The van der Waals surface area contributed by atoms with Crippen LogP contribution in [0, 0.1) is 5.41 Å². The van der Waals surface area contributed by atoms with Gasteiger partial charge in [-0.15, -0.1) is 0 Å². The fourth-order valence-electron chi connectivity index (χ4n) is 2.33. The van der Waals surface area contributed by atoms with E-state index in [1.165, 1.54) is 0 Å². The molecule has 0 saturated carbocycles. The van der Waals surface area contributed by atoms with Gasteiger partial charge in [0.25, 0.3) is 0 Å². The van der Waals surface area contributed by atoms with E-state index in [2.05, 4.69) is 16.0 Å². The van der Waals surface area contributed by atoms with Crippen LogP contribution in [-0.2, 0) is 19.2 Å². The van der Waals surface area contributed by atoms with Crippen LogP contribution >= 0.6 is 0 Å². The van der Waals surface area contributed by atoms with Gasteiger partial charge in [-0.05, 0) is 25.7 Å². The molecule has 0 aliphatic rings. The van der Waals surface area contributed by atoms with E-state index in [0.29, 0.717) is 19.4 Å². The first-order chi connectivity index (χ1) is 13.2. The number of aliphatic carboxylic acids is 1. The van der Waals surface area contributed by atoms with Crippen molar-refractivity contribution in [2.45, 2.75) is 70.0 Å². The Kier molecular flexibility index (Phi) is 13.0. The van der Waals surface area contributed by atoms with Crippen LogP contribution in [0.25, 0.3) is 0 Å². The zero-order chi connectivity index (χ0) is 21.5. The Balaban J connectivity index is 4.79. The summed E-state index contributed by atoms with van der Waals surface area (Å²) in [5, 5.41) is 23.4. The van der Waals surface area contributed by atoms with Crippen LogP contribution < -0.4 is 27.4 Å². The van der Waals surface area contributed by atoms with Crippen molar-refractivity contribution in [2.75, 3.05) is 6.54 Å². The van der Waals surface area contributed by atoms with Crippen LogP contribution in [0.5, 0.6) is 0 Å². The van der Waals surface area contributed by atoms with Gasteiger partial charge >= 0.3 is 5.97 Å². The maximum absolute atomic E-state index is 12.4. The Labute approximate surface area is 164 Å². The zero-order valence-corrected chi connectivity index (χ0v) is 16.1. The summed E-state index contributed by atoms with van der Waals surface area (Å²) in [7, 11) is 0. The molecule has 11 nitrogen and oxygen atoms in total. The van der Waals surface area contributed by atoms with Gasteiger partial charge in [0.2, 0.25) is 18.1 Å². The average molecular weight is 399 g/mol. The van der Waals surface area contributed by atoms with Gasteiger partial charge in [-0.25, -0.2) is 0 Å². The van der Waals surface area contributed by atoms with Gasteiger partial charge in [0.15, 0.2) is 5.96 Å². The highest BCUT2D eigenvalue weighted by Gasteiger charge is 2.26. The smallest absolute Gasteiger partial charge is 0.303 e. The van der Waals surface area contributed by atoms with Crippen molar-refractivity contribution in [3.05, 3.63) is 0 Å². The van der Waals surface area contributed by atoms with Gasteiger partial charge in [-0.2, -0.15) is 0 Å². The minimum atomic E-state index is -1.12. The molecule has 9 N–H and O–H groups in total. The first kappa shape index (κ1) is 25.3. The van der Waals surface area contributed by atoms with Crippen molar-refractivity contribution >= 4 is 30.0 Å². The van der Waals surface area contributed by atoms with E-state index in [9.17, 15) is 19.2 Å². The maximum Gasteiger partial charge on any atom is 0.303 e. The van der Waals surface area contributed by atoms with Gasteiger partial charge in [-0.1, -0.05) is 19.8 Å². The molecule has 28 heavy (non-hydrogen) atoms. The number of rotatable bonds is 15. The van der Waals surface area contributed by atoms with Gasteiger partial charge in [0.1, 0.15) is 6.04 Å². The molecule has 0 aromatic rings. The lowest BCUT2D eigenvalue weighted by molar-refractivity contribution is -0.138. The van der Waals surface area contributed by atoms with Crippen LogP contribution in [-0.4, -0.2) is 59.8 Å². The molecule has 0 aromatic carbocycles. The van der Waals surface area contributed by atoms with Gasteiger partial charge < -0.3 is 32.5 Å². The lowest BCUT2D eigenvalue weighted by Gasteiger charge is -2.22. The topological polar surface area (TPSA) is 200 Å². The molecule has 0 spiro atoms. The highest BCUT2D eigenvalue weighted by molar-refractivity contribution is 5.91. The molecule has 0 aliphatic carbocycles. The number of carbonyl (C=O) groups is 3. The van der Waals surface area contributed by atoms with Crippen LogP contribution in [0.3, 0.4) is 0 Å². The molecule has 2 amide bonds. The monoisotopic (exact) mass is 399 g/mol. The lowest BCUT2D eigenvalue weighted by Crippen LogP contribution is -2.53. The quantitative estimate of drug-likeness (QED) is 0.100. The molecule has 3 atom stereocenters. The summed E-state index contributed by atoms with van der Waals surface area (Å²) in [5.74, 6) is -2.54. The van der Waals surface area contributed by atoms with Crippen molar-refractivity contribution in [1.29, 1.82) is 5.41 Å². The number of hydrogen-bond donors (Lipinski definition) is 7. The van der Waals surface area contributed by atoms with E-state index in [1.54, 1.807) is 6.29 Å². The summed E-state index contributed by atoms with van der Waals surface area (Å²) in [4.78, 5) is 46.5. The third kappa shape index (κ3) is 11.8. The molecule has 0 aromatic heterocycles. The van der Waals surface area contributed by atoms with Crippen molar-refractivity contribution in [2.24, 2.45) is 11.5 Å². The highest BCUT2D eigenvalue weighted by Crippen LogP contribution is 2.04. The number of carboxylic acid groups (broad SMARTS) is 1. The van der Waals surface area contributed by atoms with E-state index in [-0.39, 0.29) is 25.2 Å². The number of nitrogens with one attached hydrogen (secondary N) is 4. The zero-order valence-electron chi connectivity index (χ0n) is 16.1. The number of guanidine groups is 1. The second kappa shape index (κ2) is 14.4. The number of amides is 2. The van der Waals surface area contributed by atoms with Crippen molar-refractivity contribution < 1.29 is 24.3 Å². The molecule has 0 unspecified atom stereocenters. The Morgan fingerprint density at radius 1 is 1.11 bits per heavy atom.